The molecule has 2 nitrogen and oxygen atoms in total. The highest BCUT2D eigenvalue weighted by molar-refractivity contribution is 6.63. The summed E-state index contributed by atoms with van der Waals surface area (Å²) in [4.78, 5) is 0. The Morgan fingerprint density at radius 3 is 1.82 bits per heavy atom. The summed E-state index contributed by atoms with van der Waals surface area (Å²) in [5.41, 5.74) is 20.2. The molecule has 80 valence electrons. The van der Waals surface area contributed by atoms with E-state index >= 15 is 0 Å². The molecule has 0 aliphatic heterocycles. The molecule has 0 aromatic heterocycles. The fourth-order valence-electron chi connectivity index (χ4n) is 2.44. The van der Waals surface area contributed by atoms with Gasteiger partial charge in [0.1, 0.15) is 39.2 Å². The number of nitrogens with two attached hydrogens (primary N) is 2. The highest BCUT2D eigenvalue weighted by Crippen LogP contribution is 2.19. The van der Waals surface area contributed by atoms with Crippen LogP contribution in [0, 0.1) is 0 Å². The molecule has 2 aromatic rings. The molecule has 0 saturated carbocycles. The van der Waals surface area contributed by atoms with Crippen molar-refractivity contribution in [2.24, 2.45) is 0 Å². The molecule has 0 heterocycles. The monoisotopic (exact) mass is 218 g/mol. The molecule has 0 atom stereocenters. The zero-order chi connectivity index (χ0) is 12.9. The molecule has 0 aliphatic carbocycles. The van der Waals surface area contributed by atoms with E-state index in [1.165, 1.54) is 16.4 Å². The van der Waals surface area contributed by atoms with Gasteiger partial charge < -0.3 is 11.5 Å². The molecule has 0 radical (unpaired) electrons. The van der Waals surface area contributed by atoms with Gasteiger partial charge in [0.25, 0.3) is 0 Å². The molecular formula is C10H15B5N2. The third-order valence-corrected chi connectivity index (χ3v) is 4.09. The van der Waals surface area contributed by atoms with Crippen LogP contribution < -0.4 is 38.8 Å². The van der Waals surface area contributed by atoms with Crippen LogP contribution in [0.25, 0.3) is 10.8 Å². The van der Waals surface area contributed by atoms with Crippen molar-refractivity contribution in [2.75, 3.05) is 11.5 Å². The third-order valence-electron chi connectivity index (χ3n) is 4.09. The first kappa shape index (κ1) is 12.1. The number of hydrogen-bond donors (Lipinski definition) is 2. The van der Waals surface area contributed by atoms with Gasteiger partial charge in [-0.3, -0.25) is 0 Å². The van der Waals surface area contributed by atoms with Gasteiger partial charge in [-0.2, -0.15) is 0 Å². The molecule has 2 aromatic carbocycles. The average Bonchev–Trinajstić information content (AvgIpc) is 2.30. The Kier molecular flexibility index (Phi) is 2.72. The van der Waals surface area contributed by atoms with E-state index in [9.17, 15) is 0 Å². The quantitative estimate of drug-likeness (QED) is 0.340. The lowest BCUT2D eigenvalue weighted by Gasteiger charge is -2.18. The molecule has 7 heteroatoms. The summed E-state index contributed by atoms with van der Waals surface area (Å²) in [6.45, 7) is 0. The molecule has 2 rings (SSSR count). The van der Waals surface area contributed by atoms with E-state index in [-0.39, 0.29) is 0 Å². The van der Waals surface area contributed by atoms with E-state index in [0.717, 1.165) is 33.1 Å². The van der Waals surface area contributed by atoms with Gasteiger partial charge in [-0.15, -0.1) is 5.46 Å². The van der Waals surface area contributed by atoms with Crippen LogP contribution in [0.5, 0.6) is 0 Å². The number of benzene rings is 2. The minimum Gasteiger partial charge on any atom is -0.399 e. The molecule has 0 amide bonds. The Labute approximate surface area is 107 Å². The number of nitrogen functional groups attached to an aromatic ring is 2. The predicted molar refractivity (Wildman–Crippen MR) is 93.7 cm³/mol. The Morgan fingerprint density at radius 2 is 1.24 bits per heavy atom. The lowest BCUT2D eigenvalue weighted by molar-refractivity contribution is 1.84. The molecule has 0 unspecified atom stereocenters. The third kappa shape index (κ3) is 1.56. The number of rotatable bonds is 0. The smallest absolute Gasteiger partial charge is 0.141 e. The van der Waals surface area contributed by atoms with Gasteiger partial charge >= 0.3 is 0 Å². The summed E-state index contributed by atoms with van der Waals surface area (Å²) >= 11 is 0. The van der Waals surface area contributed by atoms with Crippen LogP contribution in [-0.2, 0) is 0 Å². The van der Waals surface area contributed by atoms with Gasteiger partial charge in [0.05, 0.1) is 0 Å². The highest BCUT2D eigenvalue weighted by atomic mass is 14.6. The Morgan fingerprint density at radius 1 is 0.706 bits per heavy atom. The normalized spacial score (nSPS) is 10.8. The van der Waals surface area contributed by atoms with E-state index in [1.807, 2.05) is 15.7 Å². The minimum absolute atomic E-state index is 0.859. The molecule has 17 heavy (non-hydrogen) atoms. The predicted octanol–water partition coefficient (Wildman–Crippen LogP) is -6.70. The van der Waals surface area contributed by atoms with Gasteiger partial charge in [0, 0.05) is 16.8 Å². The van der Waals surface area contributed by atoms with E-state index in [4.69, 9.17) is 11.5 Å². The van der Waals surface area contributed by atoms with Gasteiger partial charge in [0.2, 0.25) is 0 Å². The first-order valence-corrected chi connectivity index (χ1v) is 5.90. The van der Waals surface area contributed by atoms with Crippen LogP contribution in [0.15, 0.2) is 6.07 Å². The Bertz CT molecular complexity index is 631. The van der Waals surface area contributed by atoms with Crippen molar-refractivity contribution >= 4 is 88.7 Å². The molecule has 4 N–H and O–H groups in total. The van der Waals surface area contributed by atoms with E-state index in [0.29, 0.717) is 0 Å². The maximum absolute atomic E-state index is 6.25. The first-order chi connectivity index (χ1) is 7.86. The molecule has 0 aliphatic rings. The number of hydrogen-bond acceptors (Lipinski definition) is 2. The summed E-state index contributed by atoms with van der Waals surface area (Å²) in [6.07, 6.45) is 0. The first-order valence-electron chi connectivity index (χ1n) is 5.90. The van der Waals surface area contributed by atoms with Crippen molar-refractivity contribution in [3.63, 3.8) is 0 Å². The fraction of sp³-hybridized carbons (Fsp3) is 0. The molecule has 0 spiro atoms. The van der Waals surface area contributed by atoms with Gasteiger partial charge in [-0.1, -0.05) is 27.9 Å². The molecule has 0 fully saturated rings. The van der Waals surface area contributed by atoms with Gasteiger partial charge in [-0.05, 0) is 5.39 Å². The van der Waals surface area contributed by atoms with Crippen LogP contribution in [0.4, 0.5) is 11.4 Å². The van der Waals surface area contributed by atoms with Crippen LogP contribution in [0.3, 0.4) is 0 Å². The van der Waals surface area contributed by atoms with Crippen molar-refractivity contribution in [3.8, 4) is 0 Å². The van der Waals surface area contributed by atoms with E-state index < -0.39 is 0 Å². The lowest BCUT2D eigenvalue weighted by atomic mass is 9.67. The molecular weight excluding hydrogens is 202 g/mol. The van der Waals surface area contributed by atoms with Crippen molar-refractivity contribution < 1.29 is 0 Å². The average molecular weight is 217 g/mol. The highest BCUT2D eigenvalue weighted by Gasteiger charge is 2.13. The fourth-order valence-corrected chi connectivity index (χ4v) is 2.44. The number of fused-ring (bicyclic) bond motifs is 1. The second-order valence-electron chi connectivity index (χ2n) is 4.94. The summed E-state index contributed by atoms with van der Waals surface area (Å²) in [6, 6.07) is 2.15. The molecule has 0 saturated heterocycles. The van der Waals surface area contributed by atoms with Crippen LogP contribution in [-0.4, -0.2) is 39.2 Å². The van der Waals surface area contributed by atoms with Crippen molar-refractivity contribution in [3.05, 3.63) is 6.07 Å². The Balaban J connectivity index is 3.12. The maximum Gasteiger partial charge on any atom is 0.141 e. The van der Waals surface area contributed by atoms with Crippen LogP contribution >= 0.6 is 0 Å². The van der Waals surface area contributed by atoms with Crippen molar-refractivity contribution in [1.29, 1.82) is 0 Å². The van der Waals surface area contributed by atoms with Crippen molar-refractivity contribution in [1.82, 2.24) is 0 Å². The Hall–Kier alpha value is -1.38. The molecule has 0 bridgehead atoms. The zero-order valence-electron chi connectivity index (χ0n) is 11.2. The van der Waals surface area contributed by atoms with E-state index in [1.54, 1.807) is 0 Å². The van der Waals surface area contributed by atoms with Gasteiger partial charge in [-0.25, -0.2) is 0 Å². The van der Waals surface area contributed by atoms with Crippen molar-refractivity contribution in [2.45, 2.75) is 0 Å². The second kappa shape index (κ2) is 3.83. The standard InChI is InChI=1S/C10H15B5N2/c11-3-1-2-4(6(13)5(3)12)10(17)8(15)7(14)9(2)16/h1H,11-17H2. The van der Waals surface area contributed by atoms with Gasteiger partial charge in [0.15, 0.2) is 0 Å². The minimum atomic E-state index is 0.859. The second-order valence-corrected chi connectivity index (χ2v) is 4.94. The lowest BCUT2D eigenvalue weighted by Crippen LogP contribution is -2.41. The topological polar surface area (TPSA) is 52.0 Å². The summed E-state index contributed by atoms with van der Waals surface area (Å²) in [5, 5.41) is 2.21. The number of anilines is 2. The SMILES string of the molecule is Bc1cc2c(N)c(B)c(B)c(N)c2c(B)c1B. The zero-order valence-corrected chi connectivity index (χ0v) is 11.2. The maximum atomic E-state index is 6.25. The summed E-state index contributed by atoms with van der Waals surface area (Å²) < 4.78 is 0. The van der Waals surface area contributed by atoms with E-state index in [2.05, 4.69) is 29.6 Å². The van der Waals surface area contributed by atoms with Crippen LogP contribution in [0.1, 0.15) is 0 Å². The summed E-state index contributed by atoms with van der Waals surface area (Å²) in [5.74, 6) is 0. The summed E-state index contributed by atoms with van der Waals surface area (Å²) in [7, 11) is 10.4. The van der Waals surface area contributed by atoms with Crippen LogP contribution in [0.2, 0.25) is 0 Å². The largest absolute Gasteiger partial charge is 0.399 e.